The van der Waals surface area contributed by atoms with Gasteiger partial charge in [-0.2, -0.15) is 21.6 Å². The van der Waals surface area contributed by atoms with Crippen LogP contribution in [0, 0.1) is 0 Å². The number of alkyl halides is 3. The summed E-state index contributed by atoms with van der Waals surface area (Å²) >= 11 is 0. The zero-order valence-electron chi connectivity index (χ0n) is 6.12. The average Bonchev–Trinajstić information content (AvgIpc) is 2.35. The third-order valence-electron chi connectivity index (χ3n) is 0.789. The van der Waals surface area contributed by atoms with E-state index in [-0.39, 0.29) is 0 Å². The third-order valence-corrected chi connectivity index (χ3v) is 1.37. The number of aromatic amines is 1. The summed E-state index contributed by atoms with van der Waals surface area (Å²) in [6.07, 6.45) is 3.75. The van der Waals surface area contributed by atoms with E-state index in [1.807, 2.05) is 24.5 Å². The fourth-order valence-corrected chi connectivity index (χ4v) is 0.278. The predicted molar refractivity (Wildman–Crippen MR) is 38.4 cm³/mol. The van der Waals surface area contributed by atoms with E-state index < -0.39 is 15.6 Å². The van der Waals surface area contributed by atoms with Gasteiger partial charge in [0.25, 0.3) is 0 Å². The second kappa shape index (κ2) is 4.28. The molecule has 0 amide bonds. The van der Waals surface area contributed by atoms with Crippen LogP contribution < -0.4 is 0 Å². The van der Waals surface area contributed by atoms with Gasteiger partial charge in [-0.1, -0.05) is 0 Å². The molecule has 0 spiro atoms. The van der Waals surface area contributed by atoms with E-state index in [4.69, 9.17) is 13.0 Å². The van der Waals surface area contributed by atoms with Gasteiger partial charge in [0.1, 0.15) is 0 Å². The maximum Gasteiger partial charge on any atom is 0.522 e. The molecule has 0 aromatic carbocycles. The molecule has 0 saturated heterocycles. The molecule has 0 atom stereocenters. The first kappa shape index (κ1) is 12.0. The van der Waals surface area contributed by atoms with E-state index in [0.29, 0.717) is 0 Å². The van der Waals surface area contributed by atoms with E-state index in [1.54, 1.807) is 0 Å². The molecule has 76 valence electrons. The largest absolute Gasteiger partial charge is 0.522 e. The Kier molecular flexibility index (Phi) is 3.95. The molecule has 1 rings (SSSR count). The van der Waals surface area contributed by atoms with E-state index in [0.717, 1.165) is 0 Å². The number of rotatable bonds is 0. The quantitative estimate of drug-likeness (QED) is 0.509. The molecule has 2 N–H and O–H groups in total. The Hall–Kier alpha value is -1.02. The maximum atomic E-state index is 10.7. The van der Waals surface area contributed by atoms with Crippen molar-refractivity contribution < 1.29 is 26.1 Å². The highest BCUT2D eigenvalue weighted by molar-refractivity contribution is 7.86. The van der Waals surface area contributed by atoms with Crippen LogP contribution in [0.15, 0.2) is 24.5 Å². The number of aromatic nitrogens is 1. The minimum atomic E-state index is -5.84. The van der Waals surface area contributed by atoms with Crippen molar-refractivity contribution in [3.63, 3.8) is 0 Å². The normalized spacial score (nSPS) is 11.7. The van der Waals surface area contributed by atoms with Gasteiger partial charge in [-0.05, 0) is 12.1 Å². The summed E-state index contributed by atoms with van der Waals surface area (Å²) in [6, 6.07) is 3.89. The van der Waals surface area contributed by atoms with Crippen LogP contribution in [0.5, 0.6) is 0 Å². The molecule has 1 aromatic heterocycles. The van der Waals surface area contributed by atoms with Crippen LogP contribution in [0.2, 0.25) is 0 Å². The Labute approximate surface area is 72.1 Å². The maximum absolute atomic E-state index is 10.7. The summed E-state index contributed by atoms with van der Waals surface area (Å²) in [7, 11) is -5.84. The van der Waals surface area contributed by atoms with Crippen LogP contribution >= 0.6 is 0 Å². The fraction of sp³-hybridized carbons (Fsp3) is 0.200. The molecule has 0 aliphatic rings. The molecule has 0 aliphatic heterocycles. The van der Waals surface area contributed by atoms with E-state index >= 15 is 0 Å². The molecule has 0 radical (unpaired) electrons. The highest BCUT2D eigenvalue weighted by Gasteiger charge is 2.44. The van der Waals surface area contributed by atoms with Crippen molar-refractivity contribution in [1.29, 1.82) is 0 Å². The lowest BCUT2D eigenvalue weighted by atomic mass is 10.7. The molecular weight excluding hydrogens is 211 g/mol. The topological polar surface area (TPSA) is 70.2 Å². The van der Waals surface area contributed by atoms with E-state index in [1.165, 1.54) is 0 Å². The highest BCUT2D eigenvalue weighted by atomic mass is 32.2. The zero-order chi connectivity index (χ0) is 10.5. The van der Waals surface area contributed by atoms with Gasteiger partial charge in [0.05, 0.1) is 0 Å². The molecule has 0 bridgehead atoms. The van der Waals surface area contributed by atoms with Crippen LogP contribution in [0.4, 0.5) is 13.2 Å². The van der Waals surface area contributed by atoms with Crippen LogP contribution in [-0.4, -0.2) is 23.5 Å². The van der Waals surface area contributed by atoms with Crippen molar-refractivity contribution in [2.75, 3.05) is 0 Å². The molecule has 13 heavy (non-hydrogen) atoms. The number of H-pyrrole nitrogens is 1. The number of hydrogen-bond donors (Lipinski definition) is 2. The Bertz CT molecular complexity index is 298. The number of nitrogens with one attached hydrogen (secondary N) is 1. The van der Waals surface area contributed by atoms with Gasteiger partial charge < -0.3 is 4.98 Å². The lowest BCUT2D eigenvalue weighted by molar-refractivity contribution is -0.0510. The Morgan fingerprint density at radius 1 is 1.15 bits per heavy atom. The minimum Gasteiger partial charge on any atom is -0.368 e. The lowest BCUT2D eigenvalue weighted by Gasteiger charge is -1.97. The molecule has 4 nitrogen and oxygen atoms in total. The van der Waals surface area contributed by atoms with E-state index in [2.05, 4.69) is 4.98 Å². The van der Waals surface area contributed by atoms with Gasteiger partial charge in [-0.15, -0.1) is 0 Å². The molecule has 0 fully saturated rings. The summed E-state index contributed by atoms with van der Waals surface area (Å²) in [5.74, 6) is 0. The van der Waals surface area contributed by atoms with Crippen LogP contribution in [0.25, 0.3) is 0 Å². The van der Waals surface area contributed by atoms with Gasteiger partial charge in [-0.3, -0.25) is 4.55 Å². The first-order valence-corrected chi connectivity index (χ1v) is 4.30. The SMILES string of the molecule is O=S(=O)(O)C(F)(F)F.c1cc[nH]c1. The van der Waals surface area contributed by atoms with Crippen molar-refractivity contribution in [2.45, 2.75) is 5.51 Å². The van der Waals surface area contributed by atoms with Gasteiger partial charge in [-0.25, -0.2) is 0 Å². The molecule has 0 aliphatic carbocycles. The Morgan fingerprint density at radius 3 is 1.54 bits per heavy atom. The number of hydrogen-bond acceptors (Lipinski definition) is 2. The first-order chi connectivity index (χ1) is 5.75. The van der Waals surface area contributed by atoms with Crippen molar-refractivity contribution in [3.8, 4) is 0 Å². The lowest BCUT2D eigenvalue weighted by Crippen LogP contribution is -2.21. The van der Waals surface area contributed by atoms with Crippen molar-refractivity contribution in [2.24, 2.45) is 0 Å². The second-order valence-corrected chi connectivity index (χ2v) is 3.22. The Balaban J connectivity index is 0.000000243. The summed E-state index contributed by atoms with van der Waals surface area (Å²) in [5, 5.41) is 0. The third kappa shape index (κ3) is 5.26. The molecule has 1 aromatic rings. The summed E-state index contributed by atoms with van der Waals surface area (Å²) < 4.78 is 57.5. The monoisotopic (exact) mass is 217 g/mol. The molecule has 8 heteroatoms. The predicted octanol–water partition coefficient (Wildman–Crippen LogP) is 1.41. The van der Waals surface area contributed by atoms with Crippen LogP contribution in [0.3, 0.4) is 0 Å². The van der Waals surface area contributed by atoms with Crippen molar-refractivity contribution >= 4 is 10.1 Å². The van der Waals surface area contributed by atoms with E-state index in [9.17, 15) is 13.2 Å². The number of halogens is 3. The summed E-state index contributed by atoms with van der Waals surface area (Å²) in [6.45, 7) is 0. The fourth-order valence-electron chi connectivity index (χ4n) is 0.278. The molecule has 0 saturated carbocycles. The zero-order valence-corrected chi connectivity index (χ0v) is 6.93. The minimum absolute atomic E-state index is 1.88. The smallest absolute Gasteiger partial charge is 0.368 e. The average molecular weight is 217 g/mol. The van der Waals surface area contributed by atoms with Gasteiger partial charge in [0.15, 0.2) is 0 Å². The van der Waals surface area contributed by atoms with Gasteiger partial charge in [0, 0.05) is 12.4 Å². The highest BCUT2D eigenvalue weighted by Crippen LogP contribution is 2.20. The molecule has 0 unspecified atom stereocenters. The molecule has 1 heterocycles. The summed E-state index contributed by atoms with van der Waals surface area (Å²) in [4.78, 5) is 2.86. The van der Waals surface area contributed by atoms with Crippen LogP contribution in [0.1, 0.15) is 0 Å². The van der Waals surface area contributed by atoms with Crippen LogP contribution in [-0.2, 0) is 10.1 Å². The van der Waals surface area contributed by atoms with Gasteiger partial charge >= 0.3 is 15.6 Å². The Morgan fingerprint density at radius 2 is 1.46 bits per heavy atom. The second-order valence-electron chi connectivity index (χ2n) is 1.81. The molecular formula is C5H6F3NO3S. The van der Waals surface area contributed by atoms with Crippen molar-refractivity contribution in [3.05, 3.63) is 24.5 Å². The first-order valence-electron chi connectivity index (χ1n) is 2.86. The van der Waals surface area contributed by atoms with Gasteiger partial charge in [0.2, 0.25) is 0 Å². The standard InChI is InChI=1S/C4H5N.CHF3O3S/c1-2-4-5-3-1;2-1(3,4)8(5,6)7/h1-5H;(H,5,6,7). The summed E-state index contributed by atoms with van der Waals surface area (Å²) in [5.41, 5.74) is -5.53. The van der Waals surface area contributed by atoms with Crippen molar-refractivity contribution in [1.82, 2.24) is 4.98 Å².